The Hall–Kier alpha value is -2.28. The molecule has 22 heavy (non-hydrogen) atoms. The van der Waals surface area contributed by atoms with Gasteiger partial charge in [-0.1, -0.05) is 19.1 Å². The number of halogens is 1. The van der Waals surface area contributed by atoms with Crippen molar-refractivity contribution < 1.29 is 13.6 Å². The Labute approximate surface area is 127 Å². The van der Waals surface area contributed by atoms with E-state index in [9.17, 15) is 9.18 Å². The van der Waals surface area contributed by atoms with Crippen molar-refractivity contribution in [3.05, 3.63) is 36.0 Å². The van der Waals surface area contributed by atoms with Gasteiger partial charge in [0.2, 0.25) is 0 Å². The summed E-state index contributed by atoms with van der Waals surface area (Å²) in [6.45, 7) is 5.98. The van der Waals surface area contributed by atoms with Crippen molar-refractivity contribution >= 4 is 5.91 Å². The largest absolute Gasteiger partial charge is 0.412 e. The molecular formula is C15H17FN4O2. The van der Waals surface area contributed by atoms with Gasteiger partial charge in [0.25, 0.3) is 5.89 Å². The van der Waals surface area contributed by atoms with Crippen LogP contribution in [0.4, 0.5) is 4.39 Å². The summed E-state index contributed by atoms with van der Waals surface area (Å²) < 4.78 is 19.0. The fourth-order valence-corrected chi connectivity index (χ4v) is 2.46. The van der Waals surface area contributed by atoms with Gasteiger partial charge < -0.3 is 14.2 Å². The standard InChI is InChI=1S/C15H17FN4O2/c1-2-19-7-9-20(10-8-19)15(21)14-18-17-13(22-14)11-5-3-4-6-12(11)16/h3-6H,2,7-10H2,1H3. The first kappa shape index (κ1) is 14.6. The third-order valence-corrected chi connectivity index (χ3v) is 3.82. The lowest BCUT2D eigenvalue weighted by molar-refractivity contribution is 0.0605. The van der Waals surface area contributed by atoms with E-state index in [1.165, 1.54) is 12.1 Å². The number of hydrogen-bond donors (Lipinski definition) is 0. The third-order valence-electron chi connectivity index (χ3n) is 3.82. The summed E-state index contributed by atoms with van der Waals surface area (Å²) in [5.74, 6) is -0.829. The minimum absolute atomic E-state index is 0.0219. The number of piperazine rings is 1. The van der Waals surface area contributed by atoms with Crippen molar-refractivity contribution in [1.29, 1.82) is 0 Å². The van der Waals surface area contributed by atoms with Crippen LogP contribution in [0.2, 0.25) is 0 Å². The quantitative estimate of drug-likeness (QED) is 0.863. The van der Waals surface area contributed by atoms with E-state index in [-0.39, 0.29) is 23.3 Å². The Morgan fingerprint density at radius 2 is 1.95 bits per heavy atom. The van der Waals surface area contributed by atoms with E-state index in [2.05, 4.69) is 22.0 Å². The molecule has 0 bridgehead atoms. The van der Waals surface area contributed by atoms with Gasteiger partial charge in [-0.05, 0) is 18.7 Å². The summed E-state index contributed by atoms with van der Waals surface area (Å²) in [4.78, 5) is 16.3. The molecule has 0 N–H and O–H groups in total. The van der Waals surface area contributed by atoms with Crippen LogP contribution in [0.1, 0.15) is 17.6 Å². The van der Waals surface area contributed by atoms with Gasteiger partial charge in [-0.25, -0.2) is 4.39 Å². The fourth-order valence-electron chi connectivity index (χ4n) is 2.46. The van der Waals surface area contributed by atoms with E-state index in [4.69, 9.17) is 4.42 Å². The van der Waals surface area contributed by atoms with Crippen LogP contribution in [0.5, 0.6) is 0 Å². The highest BCUT2D eigenvalue weighted by Crippen LogP contribution is 2.21. The normalized spacial score (nSPS) is 16.0. The number of likely N-dealkylation sites (N-methyl/N-ethyl adjacent to an activating group) is 1. The van der Waals surface area contributed by atoms with Crippen molar-refractivity contribution in [2.45, 2.75) is 6.92 Å². The lowest BCUT2D eigenvalue weighted by atomic mass is 10.2. The van der Waals surface area contributed by atoms with E-state index >= 15 is 0 Å². The first-order chi connectivity index (χ1) is 10.7. The van der Waals surface area contributed by atoms with Gasteiger partial charge in [-0.15, -0.1) is 10.2 Å². The smallest absolute Gasteiger partial charge is 0.311 e. The van der Waals surface area contributed by atoms with Gasteiger partial charge in [-0.2, -0.15) is 0 Å². The number of carbonyl (C=O) groups excluding carboxylic acids is 1. The Morgan fingerprint density at radius 1 is 1.23 bits per heavy atom. The molecule has 2 heterocycles. The second-order valence-corrected chi connectivity index (χ2v) is 5.12. The molecule has 1 fully saturated rings. The molecule has 6 nitrogen and oxygen atoms in total. The minimum atomic E-state index is -0.457. The molecule has 3 rings (SSSR count). The van der Waals surface area contributed by atoms with Crippen LogP contribution in [0.3, 0.4) is 0 Å². The van der Waals surface area contributed by atoms with Gasteiger partial charge in [-0.3, -0.25) is 4.79 Å². The maximum atomic E-state index is 13.7. The van der Waals surface area contributed by atoms with E-state index < -0.39 is 5.82 Å². The van der Waals surface area contributed by atoms with Gasteiger partial charge in [0.15, 0.2) is 0 Å². The molecule has 7 heteroatoms. The minimum Gasteiger partial charge on any atom is -0.412 e. The number of benzene rings is 1. The Bertz CT molecular complexity index is 665. The zero-order valence-corrected chi connectivity index (χ0v) is 12.3. The highest BCUT2D eigenvalue weighted by Gasteiger charge is 2.26. The third kappa shape index (κ3) is 2.85. The van der Waals surface area contributed by atoms with Crippen molar-refractivity contribution in [3.63, 3.8) is 0 Å². The first-order valence-electron chi connectivity index (χ1n) is 7.29. The summed E-state index contributed by atoms with van der Waals surface area (Å²) in [6, 6.07) is 6.10. The van der Waals surface area contributed by atoms with Gasteiger partial charge in [0.1, 0.15) is 5.82 Å². The molecule has 1 aromatic heterocycles. The van der Waals surface area contributed by atoms with Crippen LogP contribution in [0, 0.1) is 5.82 Å². The zero-order valence-electron chi connectivity index (χ0n) is 12.3. The Morgan fingerprint density at radius 3 is 2.64 bits per heavy atom. The topological polar surface area (TPSA) is 62.5 Å². The van der Waals surface area contributed by atoms with E-state index in [1.807, 2.05) is 0 Å². The maximum absolute atomic E-state index is 13.7. The molecule has 1 amide bonds. The number of aromatic nitrogens is 2. The number of nitrogens with zero attached hydrogens (tertiary/aromatic N) is 4. The molecule has 0 atom stereocenters. The lowest BCUT2D eigenvalue weighted by Crippen LogP contribution is -2.48. The van der Waals surface area contributed by atoms with Crippen molar-refractivity contribution in [2.24, 2.45) is 0 Å². The molecule has 1 saturated heterocycles. The number of carbonyl (C=O) groups is 1. The van der Waals surface area contributed by atoms with Crippen molar-refractivity contribution in [1.82, 2.24) is 20.0 Å². The van der Waals surface area contributed by atoms with Gasteiger partial charge in [0.05, 0.1) is 5.56 Å². The first-order valence-corrected chi connectivity index (χ1v) is 7.29. The zero-order chi connectivity index (χ0) is 15.5. The summed E-state index contributed by atoms with van der Waals surface area (Å²) >= 11 is 0. The summed E-state index contributed by atoms with van der Waals surface area (Å²) in [6.07, 6.45) is 0. The van der Waals surface area contributed by atoms with Crippen molar-refractivity contribution in [3.8, 4) is 11.5 Å². The van der Waals surface area contributed by atoms with E-state index in [0.29, 0.717) is 13.1 Å². The van der Waals surface area contributed by atoms with Crippen LogP contribution < -0.4 is 0 Å². The van der Waals surface area contributed by atoms with E-state index in [0.717, 1.165) is 19.6 Å². The summed E-state index contributed by atoms with van der Waals surface area (Å²) in [7, 11) is 0. The number of hydrogen-bond acceptors (Lipinski definition) is 5. The van der Waals surface area contributed by atoms with Crippen molar-refractivity contribution in [2.75, 3.05) is 32.7 Å². The highest BCUT2D eigenvalue weighted by atomic mass is 19.1. The molecule has 0 aliphatic carbocycles. The van der Waals surface area contributed by atoms with Crippen LogP contribution >= 0.6 is 0 Å². The van der Waals surface area contributed by atoms with Crippen LogP contribution in [0.15, 0.2) is 28.7 Å². The molecule has 0 spiro atoms. The molecule has 0 saturated carbocycles. The van der Waals surface area contributed by atoms with Gasteiger partial charge in [0, 0.05) is 26.2 Å². The van der Waals surface area contributed by atoms with Gasteiger partial charge >= 0.3 is 11.8 Å². The Kier molecular flexibility index (Phi) is 4.15. The average molecular weight is 304 g/mol. The fraction of sp³-hybridized carbons (Fsp3) is 0.400. The molecule has 1 aliphatic rings. The number of amides is 1. The molecular weight excluding hydrogens is 287 g/mol. The SMILES string of the molecule is CCN1CCN(C(=O)c2nnc(-c3ccccc3F)o2)CC1. The lowest BCUT2D eigenvalue weighted by Gasteiger charge is -2.33. The second-order valence-electron chi connectivity index (χ2n) is 5.12. The molecule has 0 unspecified atom stereocenters. The molecule has 116 valence electrons. The molecule has 1 aliphatic heterocycles. The summed E-state index contributed by atoms with van der Waals surface area (Å²) in [5.41, 5.74) is 0.199. The highest BCUT2D eigenvalue weighted by molar-refractivity contribution is 5.89. The predicted molar refractivity (Wildman–Crippen MR) is 77.7 cm³/mol. The van der Waals surface area contributed by atoms with Crippen LogP contribution in [-0.2, 0) is 0 Å². The predicted octanol–water partition coefficient (Wildman–Crippen LogP) is 1.65. The Balaban J connectivity index is 1.74. The maximum Gasteiger partial charge on any atom is 0.311 e. The number of rotatable bonds is 3. The van der Waals surface area contributed by atoms with Crippen LogP contribution in [-0.4, -0.2) is 58.6 Å². The molecule has 0 radical (unpaired) electrons. The molecule has 2 aromatic rings. The average Bonchev–Trinajstić information content (AvgIpc) is 3.04. The second kappa shape index (κ2) is 6.23. The monoisotopic (exact) mass is 304 g/mol. The summed E-state index contributed by atoms with van der Waals surface area (Å²) in [5, 5.41) is 7.54. The van der Waals surface area contributed by atoms with Crippen LogP contribution in [0.25, 0.3) is 11.5 Å². The molecule has 1 aromatic carbocycles. The van der Waals surface area contributed by atoms with E-state index in [1.54, 1.807) is 17.0 Å².